The van der Waals surface area contributed by atoms with Crippen LogP contribution in [0.25, 0.3) is 0 Å². The molecule has 2 aliphatic rings. The van der Waals surface area contributed by atoms with Crippen LogP contribution in [0.3, 0.4) is 0 Å². The summed E-state index contributed by atoms with van der Waals surface area (Å²) >= 11 is 5.15. The molecule has 3 rings (SSSR count). The fourth-order valence-electron chi connectivity index (χ4n) is 3.61. The number of nitrogens with one attached hydrogen (secondary N) is 1. The number of thiophene rings is 1. The van der Waals surface area contributed by atoms with Crippen LogP contribution in [0.1, 0.15) is 24.1 Å². The predicted octanol–water partition coefficient (Wildman–Crippen LogP) is 3.10. The van der Waals surface area contributed by atoms with E-state index in [1.807, 2.05) is 0 Å². The van der Waals surface area contributed by atoms with Crippen LogP contribution < -0.4 is 5.32 Å². The highest BCUT2D eigenvalue weighted by molar-refractivity contribution is 9.10. The number of fused-ring (bicyclic) bond motifs is 2. The molecule has 2 aliphatic carbocycles. The second-order valence-electron chi connectivity index (χ2n) is 5.34. The first kappa shape index (κ1) is 12.6. The van der Waals surface area contributed by atoms with Crippen molar-refractivity contribution in [3.63, 3.8) is 0 Å². The van der Waals surface area contributed by atoms with Gasteiger partial charge in [-0.2, -0.15) is 0 Å². The highest BCUT2D eigenvalue weighted by atomic mass is 79.9. The van der Waals surface area contributed by atoms with E-state index in [0.717, 1.165) is 23.9 Å². The van der Waals surface area contributed by atoms with Crippen LogP contribution in [-0.4, -0.2) is 17.1 Å². The van der Waals surface area contributed by atoms with Crippen molar-refractivity contribution in [2.75, 3.05) is 0 Å². The van der Waals surface area contributed by atoms with Crippen molar-refractivity contribution < 1.29 is 9.90 Å². The molecule has 1 heterocycles. The van der Waals surface area contributed by atoms with Crippen LogP contribution in [0, 0.1) is 17.8 Å². The molecule has 0 radical (unpaired) electrons. The lowest BCUT2D eigenvalue weighted by Gasteiger charge is -2.28. The maximum Gasteiger partial charge on any atom is 0.308 e. The molecule has 3 nitrogen and oxygen atoms in total. The van der Waals surface area contributed by atoms with Gasteiger partial charge in [-0.15, -0.1) is 11.3 Å². The summed E-state index contributed by atoms with van der Waals surface area (Å²) in [5.41, 5.74) is 0. The summed E-state index contributed by atoms with van der Waals surface area (Å²) in [6.45, 7) is 0.786. The number of carboxylic acids is 1. The van der Waals surface area contributed by atoms with Crippen LogP contribution in [0.2, 0.25) is 0 Å². The third-order valence-electron chi connectivity index (χ3n) is 4.34. The summed E-state index contributed by atoms with van der Waals surface area (Å²) in [6.07, 6.45) is 3.40. The van der Waals surface area contributed by atoms with Gasteiger partial charge >= 0.3 is 5.97 Å². The summed E-state index contributed by atoms with van der Waals surface area (Å²) in [5, 5.41) is 14.9. The van der Waals surface area contributed by atoms with Gasteiger partial charge in [-0.1, -0.05) is 0 Å². The molecule has 98 valence electrons. The average Bonchev–Trinajstić information content (AvgIpc) is 3.00. The average molecular weight is 330 g/mol. The molecule has 1 aromatic rings. The van der Waals surface area contributed by atoms with E-state index >= 15 is 0 Å². The van der Waals surface area contributed by atoms with Crippen molar-refractivity contribution in [1.82, 2.24) is 5.32 Å². The van der Waals surface area contributed by atoms with Gasteiger partial charge in [0.15, 0.2) is 0 Å². The topological polar surface area (TPSA) is 49.3 Å². The highest BCUT2D eigenvalue weighted by Crippen LogP contribution is 2.48. The number of halogens is 1. The number of rotatable bonds is 4. The molecule has 18 heavy (non-hydrogen) atoms. The predicted molar refractivity (Wildman–Crippen MR) is 74.6 cm³/mol. The summed E-state index contributed by atoms with van der Waals surface area (Å²) in [4.78, 5) is 12.6. The van der Waals surface area contributed by atoms with Crippen molar-refractivity contribution in [2.45, 2.75) is 31.8 Å². The first-order valence-electron chi connectivity index (χ1n) is 6.34. The van der Waals surface area contributed by atoms with Gasteiger partial charge < -0.3 is 10.4 Å². The first-order valence-corrected chi connectivity index (χ1v) is 8.01. The monoisotopic (exact) mass is 329 g/mol. The molecular weight excluding hydrogens is 314 g/mol. The Morgan fingerprint density at radius 1 is 1.50 bits per heavy atom. The SMILES string of the molecule is O=C(O)C1C2CCC(C2)C1NCc1cc(Br)cs1. The Morgan fingerprint density at radius 3 is 2.94 bits per heavy atom. The van der Waals surface area contributed by atoms with E-state index < -0.39 is 5.97 Å². The molecule has 0 saturated heterocycles. The Balaban J connectivity index is 1.66. The fraction of sp³-hybridized carbons (Fsp3) is 0.615. The van der Waals surface area contributed by atoms with Gasteiger partial charge in [0.2, 0.25) is 0 Å². The van der Waals surface area contributed by atoms with Gasteiger partial charge in [-0.25, -0.2) is 0 Å². The zero-order valence-corrected chi connectivity index (χ0v) is 12.3. The van der Waals surface area contributed by atoms with Gasteiger partial charge in [-0.05, 0) is 53.1 Å². The lowest BCUT2D eigenvalue weighted by Crippen LogP contribution is -2.43. The van der Waals surface area contributed by atoms with Crippen molar-refractivity contribution in [3.8, 4) is 0 Å². The molecule has 4 atom stereocenters. The standard InChI is InChI=1S/C13H16BrNO2S/c14-9-4-10(18-6-9)5-15-12-8-2-1-7(3-8)11(12)13(16)17/h4,6-8,11-12,15H,1-3,5H2,(H,16,17). The Hall–Kier alpha value is -0.390. The van der Waals surface area contributed by atoms with E-state index in [-0.39, 0.29) is 12.0 Å². The van der Waals surface area contributed by atoms with E-state index in [2.05, 4.69) is 32.7 Å². The molecule has 1 aromatic heterocycles. The van der Waals surface area contributed by atoms with E-state index in [0.29, 0.717) is 11.8 Å². The van der Waals surface area contributed by atoms with Crippen LogP contribution >= 0.6 is 27.3 Å². The Kier molecular flexibility index (Phi) is 3.47. The third kappa shape index (κ3) is 2.24. The minimum Gasteiger partial charge on any atom is -0.481 e. The molecule has 0 aromatic carbocycles. The van der Waals surface area contributed by atoms with Crippen LogP contribution in [-0.2, 0) is 11.3 Å². The normalized spacial score (nSPS) is 34.1. The lowest BCUT2D eigenvalue weighted by atomic mass is 9.84. The third-order valence-corrected chi connectivity index (χ3v) is 6.03. The lowest BCUT2D eigenvalue weighted by molar-refractivity contribution is -0.144. The van der Waals surface area contributed by atoms with Crippen molar-refractivity contribution in [3.05, 3.63) is 20.8 Å². The zero-order valence-electron chi connectivity index (χ0n) is 9.93. The molecule has 0 amide bonds. The Labute approximate surface area is 119 Å². The maximum absolute atomic E-state index is 11.4. The van der Waals surface area contributed by atoms with Gasteiger partial charge in [0.1, 0.15) is 0 Å². The van der Waals surface area contributed by atoms with Gasteiger partial charge in [0.05, 0.1) is 5.92 Å². The van der Waals surface area contributed by atoms with Gasteiger partial charge in [0.25, 0.3) is 0 Å². The van der Waals surface area contributed by atoms with Crippen LogP contribution in [0.15, 0.2) is 15.9 Å². The van der Waals surface area contributed by atoms with Crippen molar-refractivity contribution in [1.29, 1.82) is 0 Å². The summed E-state index contributed by atoms with van der Waals surface area (Å²) in [6, 6.07) is 2.27. The second kappa shape index (κ2) is 4.94. The fourth-order valence-corrected chi connectivity index (χ4v) is 5.01. The molecule has 2 saturated carbocycles. The number of carboxylic acid groups (broad SMARTS) is 1. The molecular formula is C13H16BrNO2S. The van der Waals surface area contributed by atoms with Crippen molar-refractivity contribution in [2.24, 2.45) is 17.8 Å². The number of hydrogen-bond donors (Lipinski definition) is 2. The van der Waals surface area contributed by atoms with Gasteiger partial charge in [0, 0.05) is 27.3 Å². The minimum atomic E-state index is -0.618. The Morgan fingerprint density at radius 2 is 2.28 bits per heavy atom. The molecule has 5 heteroatoms. The summed E-state index contributed by atoms with van der Waals surface area (Å²) in [7, 11) is 0. The van der Waals surface area contributed by atoms with E-state index in [9.17, 15) is 9.90 Å². The van der Waals surface area contributed by atoms with E-state index in [1.54, 1.807) is 11.3 Å². The van der Waals surface area contributed by atoms with Crippen LogP contribution in [0.5, 0.6) is 0 Å². The van der Waals surface area contributed by atoms with E-state index in [4.69, 9.17) is 0 Å². The van der Waals surface area contributed by atoms with Crippen molar-refractivity contribution >= 4 is 33.2 Å². The largest absolute Gasteiger partial charge is 0.481 e. The Bertz CT molecular complexity index is 462. The maximum atomic E-state index is 11.4. The summed E-state index contributed by atoms with van der Waals surface area (Å²) in [5.74, 6) is 0.179. The molecule has 2 bridgehead atoms. The molecule has 4 unspecified atom stereocenters. The minimum absolute atomic E-state index is 0.169. The first-order chi connectivity index (χ1) is 8.65. The van der Waals surface area contributed by atoms with E-state index in [1.165, 1.54) is 11.3 Å². The molecule has 2 N–H and O–H groups in total. The van der Waals surface area contributed by atoms with Gasteiger partial charge in [-0.3, -0.25) is 4.79 Å². The second-order valence-corrected chi connectivity index (χ2v) is 7.25. The number of aliphatic carboxylic acids is 1. The van der Waals surface area contributed by atoms with Crippen LogP contribution in [0.4, 0.5) is 0 Å². The molecule has 0 aliphatic heterocycles. The molecule has 2 fully saturated rings. The highest BCUT2D eigenvalue weighted by Gasteiger charge is 2.50. The quantitative estimate of drug-likeness (QED) is 0.892. The number of carbonyl (C=O) groups is 1. The zero-order chi connectivity index (χ0) is 12.7. The number of hydrogen-bond acceptors (Lipinski definition) is 3. The smallest absolute Gasteiger partial charge is 0.308 e. The summed E-state index contributed by atoms with van der Waals surface area (Å²) < 4.78 is 1.10. The molecule has 0 spiro atoms.